The van der Waals surface area contributed by atoms with E-state index in [1.54, 1.807) is 30.6 Å². The lowest BCUT2D eigenvalue weighted by Gasteiger charge is -2.25. The van der Waals surface area contributed by atoms with Crippen LogP contribution in [0.1, 0.15) is 29.7 Å². The Balaban J connectivity index is 1.88. The number of carbonyl (C=O) groups excluding carboxylic acids is 1. The fourth-order valence-corrected chi connectivity index (χ4v) is 3.16. The van der Waals surface area contributed by atoms with Crippen LogP contribution in [-0.4, -0.2) is 23.6 Å². The Kier molecular flexibility index (Phi) is 6.37. The maximum atomic E-state index is 13.3. The molecule has 0 fully saturated rings. The fourth-order valence-electron chi connectivity index (χ4n) is 2.25. The van der Waals surface area contributed by atoms with Crippen LogP contribution < -0.4 is 0 Å². The number of nitrogens with zero attached hydrogens (tertiary/aromatic N) is 1. The molecule has 0 aliphatic heterocycles. The second kappa shape index (κ2) is 8.29. The van der Waals surface area contributed by atoms with Gasteiger partial charge in [0.25, 0.3) is 0 Å². The molecule has 1 amide bonds. The summed E-state index contributed by atoms with van der Waals surface area (Å²) in [6.07, 6.45) is 0. The zero-order valence-electron chi connectivity index (χ0n) is 14.1. The topological polar surface area (TPSA) is 20.3 Å². The standard InChI is InChI=1S/C19H21F2NOS/c1-13-4-6-15(7-5-13)11-24-12-19(23)22(3)14(2)16-8-9-17(20)18(21)10-16/h4-10,14H,11-12H2,1-3H3. The quantitative estimate of drug-likeness (QED) is 0.752. The highest BCUT2D eigenvalue weighted by molar-refractivity contribution is 7.99. The highest BCUT2D eigenvalue weighted by Gasteiger charge is 2.18. The summed E-state index contributed by atoms with van der Waals surface area (Å²) in [4.78, 5) is 13.9. The van der Waals surface area contributed by atoms with Gasteiger partial charge in [-0.2, -0.15) is 0 Å². The minimum Gasteiger partial charge on any atom is -0.338 e. The second-order valence-electron chi connectivity index (χ2n) is 5.83. The summed E-state index contributed by atoms with van der Waals surface area (Å²) >= 11 is 1.54. The second-order valence-corrected chi connectivity index (χ2v) is 6.82. The molecule has 24 heavy (non-hydrogen) atoms. The van der Waals surface area contributed by atoms with Crippen LogP contribution in [0.25, 0.3) is 0 Å². The van der Waals surface area contributed by atoms with E-state index in [1.165, 1.54) is 17.2 Å². The van der Waals surface area contributed by atoms with E-state index in [-0.39, 0.29) is 11.9 Å². The first-order valence-electron chi connectivity index (χ1n) is 7.72. The first-order valence-corrected chi connectivity index (χ1v) is 8.88. The number of rotatable bonds is 6. The minimum absolute atomic E-state index is 0.0376. The van der Waals surface area contributed by atoms with E-state index in [0.717, 1.165) is 17.9 Å². The van der Waals surface area contributed by atoms with E-state index < -0.39 is 11.6 Å². The van der Waals surface area contributed by atoms with Gasteiger partial charge in [0.15, 0.2) is 11.6 Å². The van der Waals surface area contributed by atoms with Crippen LogP contribution in [0.3, 0.4) is 0 Å². The predicted octanol–water partition coefficient (Wildman–Crippen LogP) is 4.73. The lowest BCUT2D eigenvalue weighted by atomic mass is 10.1. The molecule has 2 aromatic carbocycles. The average molecular weight is 349 g/mol. The number of hydrogen-bond donors (Lipinski definition) is 0. The van der Waals surface area contributed by atoms with Gasteiger partial charge < -0.3 is 4.90 Å². The first-order chi connectivity index (χ1) is 11.4. The molecule has 0 bridgehead atoms. The van der Waals surface area contributed by atoms with Crippen molar-refractivity contribution in [2.24, 2.45) is 0 Å². The molecule has 0 spiro atoms. The summed E-state index contributed by atoms with van der Waals surface area (Å²) in [7, 11) is 1.68. The van der Waals surface area contributed by atoms with Gasteiger partial charge in [0, 0.05) is 12.8 Å². The zero-order chi connectivity index (χ0) is 17.7. The average Bonchev–Trinajstić information content (AvgIpc) is 2.57. The van der Waals surface area contributed by atoms with Crippen molar-refractivity contribution in [2.45, 2.75) is 25.6 Å². The van der Waals surface area contributed by atoms with Crippen molar-refractivity contribution < 1.29 is 13.6 Å². The highest BCUT2D eigenvalue weighted by atomic mass is 32.2. The SMILES string of the molecule is Cc1ccc(CSCC(=O)N(C)C(C)c2ccc(F)c(F)c2)cc1. The van der Waals surface area contributed by atoms with Crippen LogP contribution in [0.2, 0.25) is 0 Å². The summed E-state index contributed by atoms with van der Waals surface area (Å²) in [5.41, 5.74) is 2.96. The summed E-state index contributed by atoms with van der Waals surface area (Å²) < 4.78 is 26.4. The molecule has 128 valence electrons. The third-order valence-electron chi connectivity index (χ3n) is 4.02. The molecule has 0 aromatic heterocycles. The Morgan fingerprint density at radius 2 is 1.79 bits per heavy atom. The minimum atomic E-state index is -0.894. The van der Waals surface area contributed by atoms with Gasteiger partial charge in [0.1, 0.15) is 0 Å². The Morgan fingerprint density at radius 3 is 2.42 bits per heavy atom. The first kappa shape index (κ1) is 18.5. The smallest absolute Gasteiger partial charge is 0.232 e. The number of amides is 1. The third kappa shape index (κ3) is 4.81. The van der Waals surface area contributed by atoms with Gasteiger partial charge in [-0.3, -0.25) is 4.79 Å². The van der Waals surface area contributed by atoms with Gasteiger partial charge in [0.05, 0.1) is 11.8 Å². The number of carbonyl (C=O) groups is 1. The van der Waals surface area contributed by atoms with Gasteiger partial charge in [-0.05, 0) is 37.1 Å². The molecule has 0 radical (unpaired) electrons. The van der Waals surface area contributed by atoms with Gasteiger partial charge in [-0.15, -0.1) is 11.8 Å². The van der Waals surface area contributed by atoms with Crippen LogP contribution in [0.4, 0.5) is 8.78 Å². The van der Waals surface area contributed by atoms with Crippen molar-refractivity contribution in [1.82, 2.24) is 4.90 Å². The molecule has 0 heterocycles. The van der Waals surface area contributed by atoms with Crippen LogP contribution >= 0.6 is 11.8 Å². The van der Waals surface area contributed by atoms with Crippen molar-refractivity contribution in [1.29, 1.82) is 0 Å². The summed E-state index contributed by atoms with van der Waals surface area (Å²) in [6.45, 7) is 3.84. The Bertz CT molecular complexity index is 703. The maximum absolute atomic E-state index is 13.3. The number of hydrogen-bond acceptors (Lipinski definition) is 2. The summed E-state index contributed by atoms with van der Waals surface area (Å²) in [6, 6.07) is 11.6. The number of thioether (sulfide) groups is 1. The van der Waals surface area contributed by atoms with Crippen molar-refractivity contribution >= 4 is 17.7 Å². The third-order valence-corrected chi connectivity index (χ3v) is 5.00. The fraction of sp³-hybridized carbons (Fsp3) is 0.316. The normalized spacial score (nSPS) is 12.0. The maximum Gasteiger partial charge on any atom is 0.232 e. The van der Waals surface area contributed by atoms with E-state index in [0.29, 0.717) is 11.3 Å². The molecule has 0 saturated heterocycles. The molecule has 2 nitrogen and oxygen atoms in total. The van der Waals surface area contributed by atoms with Crippen LogP contribution in [0, 0.1) is 18.6 Å². The molecule has 0 aliphatic carbocycles. The number of halogens is 2. The zero-order valence-corrected chi connectivity index (χ0v) is 14.9. The van der Waals surface area contributed by atoms with Crippen LogP contribution in [-0.2, 0) is 10.5 Å². The monoisotopic (exact) mass is 349 g/mol. The molecule has 2 aromatic rings. The molecular formula is C19H21F2NOS. The Morgan fingerprint density at radius 1 is 1.12 bits per heavy atom. The van der Waals surface area contributed by atoms with Gasteiger partial charge >= 0.3 is 0 Å². The van der Waals surface area contributed by atoms with Crippen molar-refractivity contribution in [3.63, 3.8) is 0 Å². The van der Waals surface area contributed by atoms with Crippen molar-refractivity contribution in [3.8, 4) is 0 Å². The van der Waals surface area contributed by atoms with Crippen LogP contribution in [0.15, 0.2) is 42.5 Å². The van der Waals surface area contributed by atoms with Gasteiger partial charge in [-0.25, -0.2) is 8.78 Å². The van der Waals surface area contributed by atoms with Gasteiger partial charge in [-0.1, -0.05) is 35.9 Å². The molecule has 0 aliphatic rings. The van der Waals surface area contributed by atoms with Crippen LogP contribution in [0.5, 0.6) is 0 Å². The lowest BCUT2D eigenvalue weighted by Crippen LogP contribution is -2.31. The molecule has 0 N–H and O–H groups in total. The lowest BCUT2D eigenvalue weighted by molar-refractivity contribution is -0.128. The predicted molar refractivity (Wildman–Crippen MR) is 94.9 cm³/mol. The molecule has 5 heteroatoms. The number of aryl methyl sites for hydroxylation is 1. The van der Waals surface area contributed by atoms with E-state index in [1.807, 2.05) is 6.92 Å². The van der Waals surface area contributed by atoms with Crippen molar-refractivity contribution in [3.05, 3.63) is 70.8 Å². The summed E-state index contributed by atoms with van der Waals surface area (Å²) in [5.74, 6) is -0.704. The van der Waals surface area contributed by atoms with Gasteiger partial charge in [0.2, 0.25) is 5.91 Å². The molecule has 1 unspecified atom stereocenters. The highest BCUT2D eigenvalue weighted by Crippen LogP contribution is 2.22. The molecule has 2 rings (SSSR count). The molecular weight excluding hydrogens is 328 g/mol. The van der Waals surface area contributed by atoms with Crippen molar-refractivity contribution in [2.75, 3.05) is 12.8 Å². The Labute approximate surface area is 145 Å². The Hall–Kier alpha value is -1.88. The molecule has 1 atom stereocenters. The summed E-state index contributed by atoms with van der Waals surface area (Å²) in [5, 5.41) is 0. The number of benzene rings is 2. The van der Waals surface area contributed by atoms with E-state index in [9.17, 15) is 13.6 Å². The largest absolute Gasteiger partial charge is 0.338 e. The van der Waals surface area contributed by atoms with E-state index >= 15 is 0 Å². The molecule has 0 saturated carbocycles. The van der Waals surface area contributed by atoms with E-state index in [4.69, 9.17) is 0 Å². The van der Waals surface area contributed by atoms with E-state index in [2.05, 4.69) is 24.3 Å².